The average molecular weight is 321 g/mol. The second-order valence-electron chi connectivity index (χ2n) is 4.08. The molecule has 2 aromatic rings. The van der Waals surface area contributed by atoms with E-state index in [2.05, 4.69) is 40.2 Å². The van der Waals surface area contributed by atoms with E-state index in [9.17, 15) is 0 Å². The molecule has 0 aliphatic carbocycles. The summed E-state index contributed by atoms with van der Waals surface area (Å²) < 4.78 is 11.3. The van der Waals surface area contributed by atoms with Crippen LogP contribution in [0.3, 0.4) is 0 Å². The van der Waals surface area contributed by atoms with Crippen LogP contribution in [0.1, 0.15) is 17.2 Å². The van der Waals surface area contributed by atoms with Crippen molar-refractivity contribution >= 4 is 15.9 Å². The molecule has 0 fully saturated rings. The van der Waals surface area contributed by atoms with Gasteiger partial charge in [-0.05, 0) is 11.1 Å². The van der Waals surface area contributed by atoms with Gasteiger partial charge in [-0.25, -0.2) is 0 Å². The van der Waals surface area contributed by atoms with E-state index >= 15 is 0 Å². The van der Waals surface area contributed by atoms with E-state index in [4.69, 9.17) is 9.47 Å². The fourth-order valence-corrected chi connectivity index (χ4v) is 2.10. The van der Waals surface area contributed by atoms with E-state index in [1.165, 1.54) is 0 Å². The Morgan fingerprint density at radius 3 is 1.84 bits per heavy atom. The summed E-state index contributed by atoms with van der Waals surface area (Å²) in [6.07, 6.45) is -0.0854. The van der Waals surface area contributed by atoms with E-state index in [-0.39, 0.29) is 6.10 Å². The Balaban J connectivity index is 2.10. The quantitative estimate of drug-likeness (QED) is 0.433. The van der Waals surface area contributed by atoms with Crippen molar-refractivity contribution < 1.29 is 9.47 Å². The molecule has 0 aliphatic heterocycles. The predicted octanol–water partition coefficient (Wildman–Crippen LogP) is 4.16. The zero-order valence-corrected chi connectivity index (χ0v) is 12.3. The maximum absolute atomic E-state index is 5.87. The molecule has 0 spiro atoms. The Hall–Kier alpha value is -1.16. The molecule has 0 atom stereocenters. The van der Waals surface area contributed by atoms with Crippen molar-refractivity contribution in [2.75, 3.05) is 18.7 Å². The number of rotatable bonds is 7. The number of hydrogen-bond donors (Lipinski definition) is 0. The lowest BCUT2D eigenvalue weighted by molar-refractivity contribution is -0.0741. The molecule has 3 heteroatoms. The largest absolute Gasteiger partial charge is 0.355 e. The Morgan fingerprint density at radius 1 is 0.842 bits per heavy atom. The highest BCUT2D eigenvalue weighted by molar-refractivity contribution is 9.09. The normalized spacial score (nSPS) is 10.8. The number of halogens is 1. The molecule has 2 rings (SSSR count). The van der Waals surface area contributed by atoms with Crippen molar-refractivity contribution in [3.8, 4) is 0 Å². The zero-order chi connectivity index (χ0) is 13.3. The van der Waals surface area contributed by atoms with Crippen molar-refractivity contribution in [1.29, 1.82) is 0 Å². The highest BCUT2D eigenvalue weighted by Gasteiger charge is 2.13. The van der Waals surface area contributed by atoms with Crippen LogP contribution in [0.5, 0.6) is 0 Å². The van der Waals surface area contributed by atoms with Crippen molar-refractivity contribution in [2.45, 2.75) is 6.10 Å². The van der Waals surface area contributed by atoms with Gasteiger partial charge in [0.15, 0.2) is 0 Å². The van der Waals surface area contributed by atoms with E-state index < -0.39 is 0 Å². The number of hydrogen-bond acceptors (Lipinski definition) is 2. The highest BCUT2D eigenvalue weighted by atomic mass is 79.9. The molecule has 2 aromatic carbocycles. The van der Waals surface area contributed by atoms with Crippen LogP contribution in [0.25, 0.3) is 0 Å². The smallest absolute Gasteiger partial charge is 0.148 e. The van der Waals surface area contributed by atoms with Gasteiger partial charge in [0.2, 0.25) is 0 Å². The molecule has 19 heavy (non-hydrogen) atoms. The Kier molecular flexibility index (Phi) is 6.08. The van der Waals surface area contributed by atoms with Gasteiger partial charge in [-0.2, -0.15) is 0 Å². The molecule has 0 amide bonds. The summed E-state index contributed by atoms with van der Waals surface area (Å²) >= 11 is 3.33. The molecule has 0 N–H and O–H groups in total. The van der Waals surface area contributed by atoms with E-state index in [0.29, 0.717) is 13.4 Å². The predicted molar refractivity (Wildman–Crippen MR) is 80.4 cm³/mol. The monoisotopic (exact) mass is 320 g/mol. The van der Waals surface area contributed by atoms with Gasteiger partial charge in [0.1, 0.15) is 12.9 Å². The van der Waals surface area contributed by atoms with Gasteiger partial charge in [-0.15, -0.1) is 0 Å². The first-order valence-electron chi connectivity index (χ1n) is 6.27. The van der Waals surface area contributed by atoms with Gasteiger partial charge in [-0.3, -0.25) is 0 Å². The first-order valence-corrected chi connectivity index (χ1v) is 7.39. The molecule has 100 valence electrons. The first-order chi connectivity index (χ1) is 9.42. The molecular weight excluding hydrogens is 304 g/mol. The molecule has 0 heterocycles. The van der Waals surface area contributed by atoms with Crippen LogP contribution < -0.4 is 0 Å². The minimum atomic E-state index is -0.0854. The third kappa shape index (κ3) is 4.46. The number of benzene rings is 2. The third-order valence-corrected chi connectivity index (χ3v) is 3.07. The topological polar surface area (TPSA) is 18.5 Å². The number of ether oxygens (including phenoxy) is 2. The van der Waals surface area contributed by atoms with Crippen molar-refractivity contribution in [1.82, 2.24) is 0 Å². The summed E-state index contributed by atoms with van der Waals surface area (Å²) in [5.41, 5.74) is 2.27. The van der Waals surface area contributed by atoms with E-state index in [1.807, 2.05) is 36.4 Å². The maximum atomic E-state index is 5.87. The Labute approximate surface area is 122 Å². The molecule has 2 nitrogen and oxygen atoms in total. The van der Waals surface area contributed by atoms with Crippen LogP contribution >= 0.6 is 15.9 Å². The van der Waals surface area contributed by atoms with Gasteiger partial charge >= 0.3 is 0 Å². The Bertz CT molecular complexity index is 419. The lowest BCUT2D eigenvalue weighted by Crippen LogP contribution is -2.10. The third-order valence-electron chi connectivity index (χ3n) is 2.74. The summed E-state index contributed by atoms with van der Waals surface area (Å²) in [4.78, 5) is 0. The van der Waals surface area contributed by atoms with Crippen molar-refractivity contribution in [3.63, 3.8) is 0 Å². The second kappa shape index (κ2) is 8.10. The molecule has 0 unspecified atom stereocenters. The van der Waals surface area contributed by atoms with E-state index in [0.717, 1.165) is 16.5 Å². The summed E-state index contributed by atoms with van der Waals surface area (Å²) in [6.45, 7) is 0.941. The average Bonchev–Trinajstić information content (AvgIpc) is 2.49. The molecule has 0 saturated carbocycles. The van der Waals surface area contributed by atoms with Crippen LogP contribution in [-0.4, -0.2) is 18.7 Å². The molecule has 0 aliphatic rings. The standard InChI is InChI=1S/C16H17BrO2/c17-11-12-18-13-19-16(14-7-3-1-4-8-14)15-9-5-2-6-10-15/h1-10,16H,11-13H2. The minimum absolute atomic E-state index is 0.0854. The van der Waals surface area contributed by atoms with E-state index in [1.54, 1.807) is 0 Å². The molecule has 0 saturated heterocycles. The van der Waals surface area contributed by atoms with Crippen LogP contribution in [-0.2, 0) is 9.47 Å². The molecular formula is C16H17BrO2. The summed E-state index contributed by atoms with van der Waals surface area (Å²) in [5.74, 6) is 0. The van der Waals surface area contributed by atoms with Gasteiger partial charge < -0.3 is 9.47 Å². The van der Waals surface area contributed by atoms with Gasteiger partial charge in [-0.1, -0.05) is 76.6 Å². The zero-order valence-electron chi connectivity index (χ0n) is 10.7. The number of alkyl halides is 1. The van der Waals surface area contributed by atoms with Crippen molar-refractivity contribution in [3.05, 3.63) is 71.8 Å². The molecule has 0 aromatic heterocycles. The fraction of sp³-hybridized carbons (Fsp3) is 0.250. The summed E-state index contributed by atoms with van der Waals surface area (Å²) in [6, 6.07) is 20.4. The van der Waals surface area contributed by atoms with Gasteiger partial charge in [0.25, 0.3) is 0 Å². The van der Waals surface area contributed by atoms with Crippen LogP contribution in [0.4, 0.5) is 0 Å². The maximum Gasteiger partial charge on any atom is 0.148 e. The van der Waals surface area contributed by atoms with Gasteiger partial charge in [0.05, 0.1) is 6.61 Å². The second-order valence-corrected chi connectivity index (χ2v) is 4.88. The lowest BCUT2D eigenvalue weighted by atomic mass is 10.0. The SMILES string of the molecule is BrCCOCOC(c1ccccc1)c1ccccc1. The minimum Gasteiger partial charge on any atom is -0.355 e. The van der Waals surface area contributed by atoms with Crippen LogP contribution in [0.2, 0.25) is 0 Å². The fourth-order valence-electron chi connectivity index (χ4n) is 1.87. The lowest BCUT2D eigenvalue weighted by Gasteiger charge is -2.18. The Morgan fingerprint density at radius 2 is 1.37 bits per heavy atom. The molecule has 0 bridgehead atoms. The van der Waals surface area contributed by atoms with Crippen LogP contribution in [0.15, 0.2) is 60.7 Å². The summed E-state index contributed by atoms with van der Waals surface area (Å²) in [5, 5.41) is 0.817. The molecule has 0 radical (unpaired) electrons. The summed E-state index contributed by atoms with van der Waals surface area (Å²) in [7, 11) is 0. The first kappa shape index (κ1) is 14.3. The van der Waals surface area contributed by atoms with Gasteiger partial charge in [0, 0.05) is 5.33 Å². The van der Waals surface area contributed by atoms with Crippen LogP contribution in [0, 0.1) is 0 Å². The highest BCUT2D eigenvalue weighted by Crippen LogP contribution is 2.25. The van der Waals surface area contributed by atoms with Crippen molar-refractivity contribution in [2.24, 2.45) is 0 Å².